The Morgan fingerprint density at radius 3 is 2.48 bits per heavy atom. The van der Waals surface area contributed by atoms with Crippen LogP contribution in [0, 0.1) is 20.8 Å². The van der Waals surface area contributed by atoms with Crippen molar-refractivity contribution in [1.29, 1.82) is 0 Å². The van der Waals surface area contributed by atoms with Gasteiger partial charge in [-0.05, 0) is 69.4 Å². The highest BCUT2D eigenvalue weighted by molar-refractivity contribution is 6.32. The molecule has 0 fully saturated rings. The highest BCUT2D eigenvalue weighted by Crippen LogP contribution is 2.26. The van der Waals surface area contributed by atoms with Crippen LogP contribution in [0.4, 0.5) is 0 Å². The van der Waals surface area contributed by atoms with Crippen LogP contribution in [0.25, 0.3) is 0 Å². The van der Waals surface area contributed by atoms with Crippen molar-refractivity contribution in [2.24, 2.45) is 0 Å². The van der Waals surface area contributed by atoms with E-state index in [4.69, 9.17) is 16.3 Å². The third-order valence-corrected chi connectivity index (χ3v) is 4.71. The zero-order chi connectivity index (χ0) is 18.4. The molecule has 0 aliphatic rings. The van der Waals surface area contributed by atoms with E-state index in [-0.39, 0.29) is 5.91 Å². The van der Waals surface area contributed by atoms with Crippen molar-refractivity contribution in [3.8, 4) is 5.75 Å². The highest BCUT2D eigenvalue weighted by atomic mass is 35.5. The Morgan fingerprint density at radius 2 is 1.84 bits per heavy atom. The van der Waals surface area contributed by atoms with Crippen LogP contribution in [0.5, 0.6) is 5.75 Å². The number of hydrogen-bond acceptors (Lipinski definition) is 2. The molecule has 134 valence electrons. The molecule has 0 unspecified atom stereocenters. The van der Waals surface area contributed by atoms with Gasteiger partial charge in [0, 0.05) is 11.6 Å². The number of hydrogen-bond donors (Lipinski definition) is 1. The van der Waals surface area contributed by atoms with E-state index in [9.17, 15) is 4.79 Å². The Balaban J connectivity index is 1.78. The number of carbonyl (C=O) groups is 1. The molecule has 3 nitrogen and oxygen atoms in total. The molecule has 1 atom stereocenters. The first-order valence-corrected chi connectivity index (χ1v) is 9.01. The Kier molecular flexibility index (Phi) is 6.89. The zero-order valence-corrected chi connectivity index (χ0v) is 16.1. The largest absolute Gasteiger partial charge is 0.481 e. The number of nitrogens with one attached hydrogen (secondary N) is 1. The molecule has 0 radical (unpaired) electrons. The lowest BCUT2D eigenvalue weighted by Crippen LogP contribution is -2.37. The Labute approximate surface area is 155 Å². The van der Waals surface area contributed by atoms with Gasteiger partial charge in [-0.25, -0.2) is 0 Å². The van der Waals surface area contributed by atoms with E-state index < -0.39 is 6.10 Å². The average Bonchev–Trinajstić information content (AvgIpc) is 2.56. The van der Waals surface area contributed by atoms with Crippen LogP contribution >= 0.6 is 11.6 Å². The molecule has 0 aromatic heterocycles. The van der Waals surface area contributed by atoms with Crippen molar-refractivity contribution < 1.29 is 9.53 Å². The molecule has 0 spiro atoms. The molecule has 1 amide bonds. The lowest BCUT2D eigenvalue weighted by Gasteiger charge is -2.16. The van der Waals surface area contributed by atoms with Crippen LogP contribution < -0.4 is 10.1 Å². The average molecular weight is 360 g/mol. The first kappa shape index (κ1) is 19.3. The molecule has 0 aliphatic carbocycles. The normalized spacial score (nSPS) is 11.9. The van der Waals surface area contributed by atoms with Gasteiger partial charge in [-0.15, -0.1) is 0 Å². The fourth-order valence-corrected chi connectivity index (χ4v) is 2.86. The molecule has 4 heteroatoms. The maximum Gasteiger partial charge on any atom is 0.260 e. The second-order valence-corrected chi connectivity index (χ2v) is 6.89. The molecule has 2 aromatic carbocycles. The molecule has 2 rings (SSSR count). The summed E-state index contributed by atoms with van der Waals surface area (Å²) in [5.74, 6) is 0.566. The van der Waals surface area contributed by atoms with Crippen molar-refractivity contribution in [3.05, 3.63) is 63.7 Å². The van der Waals surface area contributed by atoms with Crippen LogP contribution in [-0.2, 0) is 11.2 Å². The van der Waals surface area contributed by atoms with Crippen molar-refractivity contribution >= 4 is 17.5 Å². The Hall–Kier alpha value is -2.00. The summed E-state index contributed by atoms with van der Waals surface area (Å²) in [5, 5.41) is 3.67. The fourth-order valence-electron chi connectivity index (χ4n) is 2.75. The number of carbonyl (C=O) groups excluding carboxylic acids is 1. The maximum absolute atomic E-state index is 12.2. The van der Waals surface area contributed by atoms with E-state index in [1.807, 2.05) is 26.0 Å². The van der Waals surface area contributed by atoms with Gasteiger partial charge < -0.3 is 10.1 Å². The van der Waals surface area contributed by atoms with Crippen LogP contribution in [0.3, 0.4) is 0 Å². The predicted octanol–water partition coefficient (Wildman–Crippen LogP) is 4.78. The summed E-state index contributed by atoms with van der Waals surface area (Å²) in [6, 6.07) is 12.2. The number of ether oxygens (including phenoxy) is 1. The zero-order valence-electron chi connectivity index (χ0n) is 15.4. The monoisotopic (exact) mass is 359 g/mol. The molecule has 0 bridgehead atoms. The molecule has 2 aromatic rings. The van der Waals surface area contributed by atoms with Crippen molar-refractivity contribution in [2.45, 2.75) is 46.6 Å². The quantitative estimate of drug-likeness (QED) is 0.722. The minimum atomic E-state index is -0.543. The smallest absolute Gasteiger partial charge is 0.260 e. The molecule has 0 saturated carbocycles. The summed E-state index contributed by atoms with van der Waals surface area (Å²) in [6.07, 6.45) is 1.31. The van der Waals surface area contributed by atoms with Crippen LogP contribution in [0.1, 0.15) is 35.6 Å². The van der Waals surface area contributed by atoms with Crippen LogP contribution in [-0.4, -0.2) is 18.6 Å². The van der Waals surface area contributed by atoms with Gasteiger partial charge in [-0.2, -0.15) is 0 Å². The molecular formula is C21H26ClNO2. The summed E-state index contributed by atoms with van der Waals surface area (Å²) in [4.78, 5) is 12.2. The number of benzene rings is 2. The second-order valence-electron chi connectivity index (χ2n) is 6.51. The summed E-state index contributed by atoms with van der Waals surface area (Å²) < 4.78 is 5.75. The molecule has 1 N–H and O–H groups in total. The van der Waals surface area contributed by atoms with Crippen molar-refractivity contribution in [1.82, 2.24) is 5.32 Å². The fraction of sp³-hybridized carbons (Fsp3) is 0.381. The lowest BCUT2D eigenvalue weighted by molar-refractivity contribution is -0.127. The summed E-state index contributed by atoms with van der Waals surface area (Å²) in [6.45, 7) is 8.34. The standard InChI is InChI=1S/C21H26ClNO2/c1-14-7-5-8-18(11-14)9-6-10-23-21(24)17(4)25-19-12-15(2)20(22)16(3)13-19/h5,7-8,11-13,17H,6,9-10H2,1-4H3,(H,23,24)/t17-/m0/s1. The highest BCUT2D eigenvalue weighted by Gasteiger charge is 2.15. The minimum absolute atomic E-state index is 0.102. The minimum Gasteiger partial charge on any atom is -0.481 e. The van der Waals surface area contributed by atoms with E-state index in [2.05, 4.69) is 36.5 Å². The molecule has 0 aliphatic heterocycles. The van der Waals surface area contributed by atoms with Gasteiger partial charge in [0.15, 0.2) is 6.10 Å². The summed E-state index contributed by atoms with van der Waals surface area (Å²) >= 11 is 6.16. The number of halogens is 1. The van der Waals surface area contributed by atoms with Crippen LogP contribution in [0.15, 0.2) is 36.4 Å². The molecule has 0 heterocycles. The van der Waals surface area contributed by atoms with Gasteiger partial charge in [0.25, 0.3) is 5.91 Å². The van der Waals surface area contributed by atoms with Gasteiger partial charge >= 0.3 is 0 Å². The van der Waals surface area contributed by atoms with Gasteiger partial charge in [0.05, 0.1) is 0 Å². The van der Waals surface area contributed by atoms with Gasteiger partial charge in [0.2, 0.25) is 0 Å². The first-order chi connectivity index (χ1) is 11.9. The third-order valence-electron chi connectivity index (χ3n) is 4.12. The van der Waals surface area contributed by atoms with Crippen molar-refractivity contribution in [3.63, 3.8) is 0 Å². The van der Waals surface area contributed by atoms with Gasteiger partial charge in [-0.3, -0.25) is 4.79 Å². The second kappa shape index (κ2) is 8.91. The Morgan fingerprint density at radius 1 is 1.16 bits per heavy atom. The first-order valence-electron chi connectivity index (χ1n) is 8.63. The van der Waals surface area contributed by atoms with Gasteiger partial charge in [0.1, 0.15) is 5.75 Å². The van der Waals surface area contributed by atoms with E-state index in [1.165, 1.54) is 11.1 Å². The van der Waals surface area contributed by atoms with E-state index in [0.717, 1.165) is 29.0 Å². The van der Waals surface area contributed by atoms with E-state index in [1.54, 1.807) is 6.92 Å². The van der Waals surface area contributed by atoms with E-state index in [0.29, 0.717) is 12.3 Å². The number of rotatable bonds is 7. The predicted molar refractivity (Wildman–Crippen MR) is 104 cm³/mol. The molecular weight excluding hydrogens is 334 g/mol. The third kappa shape index (κ3) is 5.79. The number of amides is 1. The Bertz CT molecular complexity index is 719. The topological polar surface area (TPSA) is 38.3 Å². The SMILES string of the molecule is Cc1cccc(CCCNC(=O)[C@H](C)Oc2cc(C)c(Cl)c(C)c2)c1. The molecule has 0 saturated heterocycles. The summed E-state index contributed by atoms with van der Waals surface area (Å²) in [7, 11) is 0. The summed E-state index contributed by atoms with van der Waals surface area (Å²) in [5.41, 5.74) is 4.45. The van der Waals surface area contributed by atoms with Crippen molar-refractivity contribution in [2.75, 3.05) is 6.54 Å². The lowest BCUT2D eigenvalue weighted by atomic mass is 10.1. The number of aryl methyl sites for hydroxylation is 4. The maximum atomic E-state index is 12.2. The van der Waals surface area contributed by atoms with Crippen LogP contribution in [0.2, 0.25) is 5.02 Å². The van der Waals surface area contributed by atoms with Gasteiger partial charge in [-0.1, -0.05) is 41.4 Å². The van der Waals surface area contributed by atoms with E-state index >= 15 is 0 Å². The molecule has 25 heavy (non-hydrogen) atoms.